The molecule has 0 heterocycles. The van der Waals surface area contributed by atoms with Gasteiger partial charge in [-0.05, 0) is 67.4 Å². The van der Waals surface area contributed by atoms with Gasteiger partial charge in [0.1, 0.15) is 21.6 Å². The molecule has 0 aromatic heterocycles. The van der Waals surface area contributed by atoms with Crippen molar-refractivity contribution >= 4 is 56.5 Å². The zero-order valence-electron chi connectivity index (χ0n) is 16.5. The maximum Gasteiger partial charge on any atom is 0.154 e. The predicted octanol–water partition coefficient (Wildman–Crippen LogP) is 5.89. The highest BCUT2D eigenvalue weighted by molar-refractivity contribution is 7.87. The first kappa shape index (κ1) is 22.6. The minimum atomic E-state index is -1.66. The van der Waals surface area contributed by atoms with Gasteiger partial charge in [0.25, 0.3) is 0 Å². The lowest BCUT2D eigenvalue weighted by Crippen LogP contribution is -2.10. The van der Waals surface area contributed by atoms with E-state index in [2.05, 4.69) is 9.44 Å². The van der Waals surface area contributed by atoms with Crippen LogP contribution in [0.2, 0.25) is 10.0 Å². The van der Waals surface area contributed by atoms with Crippen LogP contribution in [0.1, 0.15) is 11.1 Å². The molecule has 2 atom stereocenters. The standard InChI is InChI=1S/C21H20Cl2N2O3S2/c1-13-16(22)6-4-8-18(13)24-29(26)15-10-11-20(28-3)21(12-15)30(27)25-19-9-5-7-17(23)14(19)2/h4-12,24-25H,1-3H3. The molecule has 3 aromatic carbocycles. The summed E-state index contributed by atoms with van der Waals surface area (Å²) in [5.41, 5.74) is 2.88. The second-order valence-corrected chi connectivity index (χ2v) is 9.59. The van der Waals surface area contributed by atoms with Crippen LogP contribution in [0.3, 0.4) is 0 Å². The fourth-order valence-corrected chi connectivity index (χ4v) is 5.14. The summed E-state index contributed by atoms with van der Waals surface area (Å²) in [5, 5.41) is 1.15. The number of methoxy groups -OCH3 is 1. The summed E-state index contributed by atoms with van der Waals surface area (Å²) in [6.45, 7) is 3.68. The quantitative estimate of drug-likeness (QED) is 0.441. The Morgan fingerprint density at radius 2 is 1.33 bits per heavy atom. The van der Waals surface area contributed by atoms with Crippen molar-refractivity contribution in [2.24, 2.45) is 0 Å². The van der Waals surface area contributed by atoms with E-state index < -0.39 is 22.0 Å². The van der Waals surface area contributed by atoms with E-state index in [1.807, 2.05) is 13.8 Å². The summed E-state index contributed by atoms with van der Waals surface area (Å²) in [5.74, 6) is 0.417. The van der Waals surface area contributed by atoms with E-state index in [4.69, 9.17) is 27.9 Å². The van der Waals surface area contributed by atoms with E-state index in [-0.39, 0.29) is 0 Å². The van der Waals surface area contributed by atoms with Gasteiger partial charge in [-0.1, -0.05) is 35.3 Å². The lowest BCUT2D eigenvalue weighted by atomic mass is 10.2. The van der Waals surface area contributed by atoms with Crippen molar-refractivity contribution in [3.05, 3.63) is 75.8 Å². The monoisotopic (exact) mass is 482 g/mol. The lowest BCUT2D eigenvalue weighted by molar-refractivity contribution is 0.403. The fourth-order valence-electron chi connectivity index (χ4n) is 2.67. The molecule has 0 saturated heterocycles. The molecule has 0 radical (unpaired) electrons. The Morgan fingerprint density at radius 1 is 0.800 bits per heavy atom. The zero-order chi connectivity index (χ0) is 21.8. The van der Waals surface area contributed by atoms with Gasteiger partial charge in [-0.2, -0.15) is 0 Å². The summed E-state index contributed by atoms with van der Waals surface area (Å²) in [6, 6.07) is 15.6. The summed E-state index contributed by atoms with van der Waals surface area (Å²) in [7, 11) is -1.76. The fraction of sp³-hybridized carbons (Fsp3) is 0.143. The van der Waals surface area contributed by atoms with E-state index in [0.29, 0.717) is 37.0 Å². The van der Waals surface area contributed by atoms with Crippen molar-refractivity contribution in [1.82, 2.24) is 0 Å². The van der Waals surface area contributed by atoms with Crippen molar-refractivity contribution in [3.8, 4) is 5.75 Å². The first-order valence-electron chi connectivity index (χ1n) is 8.87. The molecule has 3 aromatic rings. The van der Waals surface area contributed by atoms with Crippen molar-refractivity contribution in [3.63, 3.8) is 0 Å². The number of hydrogen-bond acceptors (Lipinski definition) is 3. The average molecular weight is 483 g/mol. The number of anilines is 2. The largest absolute Gasteiger partial charge is 0.495 e. The molecule has 0 fully saturated rings. The van der Waals surface area contributed by atoms with Gasteiger partial charge in [-0.25, -0.2) is 8.42 Å². The van der Waals surface area contributed by atoms with E-state index in [0.717, 1.165) is 11.1 Å². The third-order valence-electron chi connectivity index (χ3n) is 4.49. The minimum absolute atomic E-state index is 0.368. The van der Waals surface area contributed by atoms with Crippen LogP contribution in [0.4, 0.5) is 11.4 Å². The molecule has 0 saturated carbocycles. The molecule has 5 nitrogen and oxygen atoms in total. The van der Waals surface area contributed by atoms with Crippen LogP contribution in [0, 0.1) is 13.8 Å². The number of rotatable bonds is 7. The topological polar surface area (TPSA) is 67.4 Å². The van der Waals surface area contributed by atoms with Gasteiger partial charge < -0.3 is 14.2 Å². The van der Waals surface area contributed by atoms with Gasteiger partial charge in [0.15, 0.2) is 11.0 Å². The molecule has 0 bridgehead atoms. The second-order valence-electron chi connectivity index (χ2n) is 6.38. The Hall–Kier alpha value is -2.06. The summed E-state index contributed by atoms with van der Waals surface area (Å²) in [4.78, 5) is 0.815. The second kappa shape index (κ2) is 9.83. The van der Waals surface area contributed by atoms with Crippen LogP contribution in [-0.2, 0) is 22.0 Å². The Balaban J connectivity index is 1.89. The van der Waals surface area contributed by atoms with E-state index in [1.165, 1.54) is 7.11 Å². The molecule has 2 unspecified atom stereocenters. The summed E-state index contributed by atoms with van der Waals surface area (Å²) in [6.07, 6.45) is 0. The first-order valence-corrected chi connectivity index (χ1v) is 11.9. The highest BCUT2D eigenvalue weighted by atomic mass is 35.5. The molecular formula is C21H20Cl2N2O3S2. The molecule has 2 N–H and O–H groups in total. The van der Waals surface area contributed by atoms with Gasteiger partial charge in [0, 0.05) is 10.0 Å². The van der Waals surface area contributed by atoms with Crippen LogP contribution in [0.15, 0.2) is 64.4 Å². The van der Waals surface area contributed by atoms with Crippen molar-refractivity contribution in [1.29, 1.82) is 0 Å². The van der Waals surface area contributed by atoms with Crippen molar-refractivity contribution in [2.45, 2.75) is 23.6 Å². The molecule has 0 aliphatic rings. The number of benzene rings is 3. The van der Waals surface area contributed by atoms with Crippen LogP contribution >= 0.6 is 23.2 Å². The maximum absolute atomic E-state index is 13.0. The van der Waals surface area contributed by atoms with Crippen LogP contribution in [0.5, 0.6) is 5.75 Å². The molecule has 0 aliphatic carbocycles. The number of halogens is 2. The van der Waals surface area contributed by atoms with E-state index in [9.17, 15) is 8.42 Å². The summed E-state index contributed by atoms with van der Waals surface area (Å²) >= 11 is 12.3. The van der Waals surface area contributed by atoms with E-state index in [1.54, 1.807) is 54.6 Å². The van der Waals surface area contributed by atoms with Crippen molar-refractivity contribution < 1.29 is 13.2 Å². The highest BCUT2D eigenvalue weighted by Crippen LogP contribution is 2.30. The molecule has 0 amide bonds. The SMILES string of the molecule is COc1ccc(S(=O)Nc2cccc(Cl)c2C)cc1S(=O)Nc1cccc(Cl)c1C. The smallest absolute Gasteiger partial charge is 0.154 e. The van der Waals surface area contributed by atoms with Gasteiger partial charge in [-0.3, -0.25) is 0 Å². The average Bonchev–Trinajstić information content (AvgIpc) is 2.74. The van der Waals surface area contributed by atoms with Crippen LogP contribution in [-0.4, -0.2) is 15.5 Å². The lowest BCUT2D eigenvalue weighted by Gasteiger charge is -2.14. The van der Waals surface area contributed by atoms with Gasteiger partial charge in [0.2, 0.25) is 0 Å². The molecule has 30 heavy (non-hydrogen) atoms. The van der Waals surface area contributed by atoms with E-state index >= 15 is 0 Å². The normalized spacial score (nSPS) is 12.8. The predicted molar refractivity (Wildman–Crippen MR) is 125 cm³/mol. The molecule has 0 aliphatic heterocycles. The summed E-state index contributed by atoms with van der Waals surface area (Å²) < 4.78 is 37.2. The molecule has 9 heteroatoms. The first-order chi connectivity index (χ1) is 14.3. The molecule has 3 rings (SSSR count). The van der Waals surface area contributed by atoms with Crippen LogP contribution in [0.25, 0.3) is 0 Å². The zero-order valence-corrected chi connectivity index (χ0v) is 19.6. The third-order valence-corrected chi connectivity index (χ3v) is 7.52. The number of ether oxygens (including phenoxy) is 1. The minimum Gasteiger partial charge on any atom is -0.495 e. The van der Waals surface area contributed by atoms with Crippen molar-refractivity contribution in [2.75, 3.05) is 16.6 Å². The van der Waals surface area contributed by atoms with Crippen LogP contribution < -0.4 is 14.2 Å². The van der Waals surface area contributed by atoms with Gasteiger partial charge in [-0.15, -0.1) is 0 Å². The molecular weight excluding hydrogens is 463 g/mol. The van der Waals surface area contributed by atoms with Gasteiger partial charge >= 0.3 is 0 Å². The Labute approximate surface area is 190 Å². The molecule has 0 spiro atoms. The van der Waals surface area contributed by atoms with Gasteiger partial charge in [0.05, 0.1) is 23.4 Å². The molecule has 158 valence electrons. The third kappa shape index (κ3) is 4.98. The highest BCUT2D eigenvalue weighted by Gasteiger charge is 2.17. The number of nitrogens with one attached hydrogen (secondary N) is 2. The Bertz CT molecular complexity index is 1140. The number of hydrogen-bond donors (Lipinski definition) is 2. The maximum atomic E-state index is 13.0. The Kier molecular flexibility index (Phi) is 7.41. The Morgan fingerprint density at radius 3 is 1.87 bits per heavy atom.